The van der Waals surface area contributed by atoms with E-state index in [9.17, 15) is 36.9 Å². The first-order valence-corrected chi connectivity index (χ1v) is 10.0. The molecule has 1 aromatic heterocycles. The largest absolute Gasteiger partial charge is 0.457 e. The van der Waals surface area contributed by atoms with Crippen molar-refractivity contribution in [1.82, 2.24) is 0 Å². The molecule has 0 N–H and O–H groups in total. The number of nitrogens with zero attached hydrogens (tertiary/aromatic N) is 3. The highest BCUT2D eigenvalue weighted by Crippen LogP contribution is 2.38. The van der Waals surface area contributed by atoms with Crippen molar-refractivity contribution in [2.24, 2.45) is 5.10 Å². The van der Waals surface area contributed by atoms with Crippen molar-refractivity contribution in [3.63, 3.8) is 0 Å². The molecule has 2 heterocycles. The third-order valence-electron chi connectivity index (χ3n) is 4.87. The second-order valence-electron chi connectivity index (χ2n) is 7.02. The Hall–Kier alpha value is -3.77. The summed E-state index contributed by atoms with van der Waals surface area (Å²) in [6.45, 7) is 1.26. The van der Waals surface area contributed by atoms with Crippen LogP contribution in [-0.4, -0.2) is 16.5 Å². The maximum Gasteiger partial charge on any atom is 0.288 e. The molecule has 35 heavy (non-hydrogen) atoms. The van der Waals surface area contributed by atoms with E-state index in [1.807, 2.05) is 0 Å². The predicted octanol–water partition coefficient (Wildman–Crippen LogP) is 6.66. The van der Waals surface area contributed by atoms with Gasteiger partial charge < -0.3 is 4.42 Å². The first-order valence-electron chi connectivity index (χ1n) is 9.29. The van der Waals surface area contributed by atoms with Crippen molar-refractivity contribution < 1.29 is 36.1 Å². The molecule has 0 fully saturated rings. The van der Waals surface area contributed by atoms with Gasteiger partial charge in [0.2, 0.25) is 5.82 Å². The zero-order valence-corrected chi connectivity index (χ0v) is 18.5. The summed E-state index contributed by atoms with van der Waals surface area (Å²) < 4.78 is 74.4. The number of rotatable bonds is 4. The minimum absolute atomic E-state index is 0.00849. The molecule has 7 nitrogen and oxygen atoms in total. The highest BCUT2D eigenvalue weighted by atomic mass is 35.5. The van der Waals surface area contributed by atoms with E-state index >= 15 is 0 Å². The van der Waals surface area contributed by atoms with Crippen LogP contribution in [-0.2, 0) is 4.79 Å². The molecule has 0 saturated carbocycles. The van der Waals surface area contributed by atoms with Crippen LogP contribution in [0, 0.1) is 39.2 Å². The molecule has 4 rings (SSSR count). The van der Waals surface area contributed by atoms with Crippen molar-refractivity contribution in [3.8, 4) is 11.3 Å². The minimum Gasteiger partial charge on any atom is -0.457 e. The second kappa shape index (κ2) is 8.78. The van der Waals surface area contributed by atoms with Gasteiger partial charge >= 0.3 is 0 Å². The lowest BCUT2D eigenvalue weighted by Gasteiger charge is -2.14. The number of carbonyl (C=O) groups is 1. The quantitative estimate of drug-likeness (QED) is 0.0939. The van der Waals surface area contributed by atoms with Crippen LogP contribution in [0.3, 0.4) is 0 Å². The topological polar surface area (TPSA) is 89.0 Å². The van der Waals surface area contributed by atoms with E-state index in [-0.39, 0.29) is 43.4 Å². The maximum absolute atomic E-state index is 14.2. The molecule has 1 aliphatic heterocycles. The monoisotopic (exact) mass is 531 g/mol. The van der Waals surface area contributed by atoms with Crippen LogP contribution in [0.2, 0.25) is 10.0 Å². The average molecular weight is 532 g/mol. The molecule has 14 heteroatoms. The van der Waals surface area contributed by atoms with Gasteiger partial charge in [-0.3, -0.25) is 14.9 Å². The van der Waals surface area contributed by atoms with Crippen molar-refractivity contribution in [2.75, 3.05) is 5.01 Å². The van der Waals surface area contributed by atoms with Gasteiger partial charge in [0.15, 0.2) is 23.3 Å². The smallest absolute Gasteiger partial charge is 0.288 e. The van der Waals surface area contributed by atoms with Crippen LogP contribution in [0.25, 0.3) is 17.4 Å². The Labute approximate surface area is 201 Å². The number of halogens is 7. The summed E-state index contributed by atoms with van der Waals surface area (Å²) >= 11 is 11.9. The Bertz CT molecular complexity index is 1470. The fourth-order valence-corrected chi connectivity index (χ4v) is 3.74. The van der Waals surface area contributed by atoms with E-state index < -0.39 is 51.3 Å². The van der Waals surface area contributed by atoms with Gasteiger partial charge in [-0.15, -0.1) is 0 Å². The lowest BCUT2D eigenvalue weighted by atomic mass is 10.1. The van der Waals surface area contributed by atoms with Crippen LogP contribution in [0.15, 0.2) is 39.4 Å². The van der Waals surface area contributed by atoms with Gasteiger partial charge in [0.25, 0.3) is 11.6 Å². The van der Waals surface area contributed by atoms with Crippen molar-refractivity contribution in [3.05, 3.63) is 84.8 Å². The predicted molar refractivity (Wildman–Crippen MR) is 116 cm³/mol. The number of amides is 1. The Balaban J connectivity index is 1.72. The van der Waals surface area contributed by atoms with Gasteiger partial charge in [-0.25, -0.2) is 22.0 Å². The fraction of sp³-hybridized carbons (Fsp3) is 0.0476. The van der Waals surface area contributed by atoms with Crippen LogP contribution >= 0.6 is 23.2 Å². The summed E-state index contributed by atoms with van der Waals surface area (Å²) in [5, 5.41) is 14.6. The van der Waals surface area contributed by atoms with Gasteiger partial charge in [0, 0.05) is 11.6 Å². The number of furan rings is 1. The summed E-state index contributed by atoms with van der Waals surface area (Å²) in [6, 6.07) is 4.95. The molecular weight excluding hydrogens is 524 g/mol. The van der Waals surface area contributed by atoms with Gasteiger partial charge in [0.1, 0.15) is 22.2 Å². The van der Waals surface area contributed by atoms with Gasteiger partial charge in [-0.2, -0.15) is 10.1 Å². The summed E-state index contributed by atoms with van der Waals surface area (Å²) in [6.07, 6.45) is 1.11. The van der Waals surface area contributed by atoms with Gasteiger partial charge in [0.05, 0.1) is 21.2 Å². The average Bonchev–Trinajstić information content (AvgIpc) is 3.36. The number of benzene rings is 2. The first kappa shape index (κ1) is 24.4. The van der Waals surface area contributed by atoms with E-state index in [0.717, 1.165) is 18.2 Å². The Kier molecular flexibility index (Phi) is 6.11. The van der Waals surface area contributed by atoms with Crippen LogP contribution < -0.4 is 5.01 Å². The number of hydrogen-bond acceptors (Lipinski definition) is 5. The van der Waals surface area contributed by atoms with Gasteiger partial charge in [-0.05, 0) is 31.2 Å². The lowest BCUT2D eigenvalue weighted by molar-refractivity contribution is -0.384. The number of nitro groups is 1. The number of nitro benzene ring substituents is 1. The Morgan fingerprint density at radius 3 is 2.20 bits per heavy atom. The second-order valence-corrected chi connectivity index (χ2v) is 7.84. The molecule has 1 amide bonds. The molecule has 0 radical (unpaired) electrons. The number of hydrazone groups is 1. The Morgan fingerprint density at radius 2 is 1.60 bits per heavy atom. The molecule has 0 bridgehead atoms. The van der Waals surface area contributed by atoms with Crippen LogP contribution in [0.5, 0.6) is 0 Å². The van der Waals surface area contributed by atoms with E-state index in [1.165, 1.54) is 19.1 Å². The molecule has 0 spiro atoms. The number of hydrogen-bond donors (Lipinski definition) is 0. The molecule has 2 aromatic carbocycles. The maximum atomic E-state index is 14.2. The van der Waals surface area contributed by atoms with Crippen molar-refractivity contribution in [1.29, 1.82) is 0 Å². The van der Waals surface area contributed by atoms with Gasteiger partial charge in [-0.1, -0.05) is 23.2 Å². The van der Waals surface area contributed by atoms with Crippen molar-refractivity contribution in [2.45, 2.75) is 6.92 Å². The van der Waals surface area contributed by atoms with E-state index in [0.29, 0.717) is 0 Å². The molecule has 0 saturated heterocycles. The molecule has 1 aliphatic rings. The zero-order valence-electron chi connectivity index (χ0n) is 17.0. The van der Waals surface area contributed by atoms with Crippen LogP contribution in [0.1, 0.15) is 12.7 Å². The molecule has 3 aromatic rings. The molecule has 0 atom stereocenters. The standard InChI is InChI=1S/C21H8Cl2F5N3O4/c1-7-9(21(32)30(29-7)20-18(27)16(25)15(24)17(26)19(20)28)4-8-2-3-14(35-8)10-5-13(31(33)34)12(23)6-11(10)22/h2-6H,1H3/b9-4+. The lowest BCUT2D eigenvalue weighted by Crippen LogP contribution is -2.25. The summed E-state index contributed by atoms with van der Waals surface area (Å²) in [7, 11) is 0. The normalized spacial score (nSPS) is 14.7. The SMILES string of the molecule is CC1=NN(c2c(F)c(F)c(F)c(F)c2F)C(=O)/C1=C/c1ccc(-c2cc([N+](=O)[O-])c(Cl)cc2Cl)o1. The first-order chi connectivity index (χ1) is 16.4. The minimum atomic E-state index is -2.38. The fourth-order valence-electron chi connectivity index (χ4n) is 3.20. The summed E-state index contributed by atoms with van der Waals surface area (Å²) in [5.74, 6) is -12.5. The summed E-state index contributed by atoms with van der Waals surface area (Å²) in [4.78, 5) is 23.2. The highest BCUT2D eigenvalue weighted by molar-refractivity contribution is 6.37. The van der Waals surface area contributed by atoms with Crippen molar-refractivity contribution >= 4 is 52.3 Å². The number of anilines is 1. The van der Waals surface area contributed by atoms with Crippen LogP contribution in [0.4, 0.5) is 33.3 Å². The molecule has 0 aliphatic carbocycles. The zero-order chi connectivity index (χ0) is 25.8. The molecular formula is C21H8Cl2F5N3O4. The summed E-state index contributed by atoms with van der Waals surface area (Å²) in [5.41, 5.74) is -2.25. The Morgan fingerprint density at radius 1 is 1.00 bits per heavy atom. The van der Waals surface area contributed by atoms with E-state index in [1.54, 1.807) is 0 Å². The molecule has 180 valence electrons. The molecule has 0 unspecified atom stereocenters. The van der Waals surface area contributed by atoms with E-state index in [2.05, 4.69) is 5.10 Å². The van der Waals surface area contributed by atoms with E-state index in [4.69, 9.17) is 27.6 Å². The highest BCUT2D eigenvalue weighted by Gasteiger charge is 2.37. The third kappa shape index (κ3) is 4.04. The number of carbonyl (C=O) groups excluding carboxylic acids is 1. The third-order valence-corrected chi connectivity index (χ3v) is 5.49.